The van der Waals surface area contributed by atoms with E-state index in [-0.39, 0.29) is 5.56 Å². The summed E-state index contributed by atoms with van der Waals surface area (Å²) in [7, 11) is 1.80. The monoisotopic (exact) mass is 338 g/mol. The second kappa shape index (κ2) is 7.39. The fraction of sp³-hybridized carbons (Fsp3) is 0.375. The van der Waals surface area contributed by atoms with Crippen LogP contribution in [0.15, 0.2) is 24.4 Å². The predicted octanol–water partition coefficient (Wildman–Crippen LogP) is 1.93. The molecule has 0 bridgehead atoms. The smallest absolute Gasteiger partial charge is 0.315 e. The molecule has 0 radical (unpaired) electrons. The Labute approximate surface area is 138 Å². The molecule has 0 saturated heterocycles. The van der Waals surface area contributed by atoms with E-state index in [9.17, 15) is 18.7 Å². The molecule has 0 aliphatic carbocycles. The first kappa shape index (κ1) is 17.9. The first-order valence-electron chi connectivity index (χ1n) is 7.44. The van der Waals surface area contributed by atoms with Crippen molar-refractivity contribution in [3.05, 3.63) is 52.9 Å². The highest BCUT2D eigenvalue weighted by molar-refractivity contribution is 5.74. The molecule has 1 aromatic heterocycles. The minimum Gasteiger partial charge on any atom is -0.386 e. The fourth-order valence-corrected chi connectivity index (χ4v) is 2.21. The minimum absolute atomic E-state index is 0.185. The number of hydrogen-bond acceptors (Lipinski definition) is 3. The van der Waals surface area contributed by atoms with Crippen LogP contribution < -0.4 is 10.6 Å². The van der Waals surface area contributed by atoms with Gasteiger partial charge in [-0.15, -0.1) is 0 Å². The molecule has 2 unspecified atom stereocenters. The molecule has 0 saturated carbocycles. The van der Waals surface area contributed by atoms with Crippen LogP contribution in [0.25, 0.3) is 0 Å². The number of amides is 2. The number of halogens is 2. The van der Waals surface area contributed by atoms with Crippen molar-refractivity contribution in [2.24, 2.45) is 7.05 Å². The molecule has 24 heavy (non-hydrogen) atoms. The van der Waals surface area contributed by atoms with Gasteiger partial charge >= 0.3 is 6.03 Å². The largest absolute Gasteiger partial charge is 0.386 e. The van der Waals surface area contributed by atoms with E-state index in [1.54, 1.807) is 24.9 Å². The van der Waals surface area contributed by atoms with Crippen LogP contribution in [0.3, 0.4) is 0 Å². The predicted molar refractivity (Wildman–Crippen MR) is 84.1 cm³/mol. The number of carbonyl (C=O) groups is 1. The van der Waals surface area contributed by atoms with Gasteiger partial charge in [0.1, 0.15) is 0 Å². The van der Waals surface area contributed by atoms with Gasteiger partial charge < -0.3 is 15.7 Å². The van der Waals surface area contributed by atoms with E-state index in [1.807, 2.05) is 6.92 Å². The minimum atomic E-state index is -1.16. The van der Waals surface area contributed by atoms with Gasteiger partial charge in [0, 0.05) is 24.8 Å². The van der Waals surface area contributed by atoms with Crippen molar-refractivity contribution < 1.29 is 18.7 Å². The molecule has 3 N–H and O–H groups in total. The molecular weight excluding hydrogens is 318 g/mol. The number of aliphatic hydroxyl groups excluding tert-OH is 1. The molecule has 130 valence electrons. The summed E-state index contributed by atoms with van der Waals surface area (Å²) < 4.78 is 27.8. The quantitative estimate of drug-likeness (QED) is 0.779. The summed E-state index contributed by atoms with van der Waals surface area (Å²) in [4.78, 5) is 11.9. The third-order valence-corrected chi connectivity index (χ3v) is 3.89. The van der Waals surface area contributed by atoms with Crippen LogP contribution in [0.4, 0.5) is 13.6 Å². The Morgan fingerprint density at radius 3 is 2.67 bits per heavy atom. The summed E-state index contributed by atoms with van der Waals surface area (Å²) in [5.74, 6) is -2.04. The van der Waals surface area contributed by atoms with Crippen LogP contribution in [-0.4, -0.2) is 27.0 Å². The molecule has 1 aromatic carbocycles. The number of aryl methyl sites for hydroxylation is 1. The lowest BCUT2D eigenvalue weighted by molar-refractivity contribution is 0.137. The SMILES string of the molecule is Cc1c(CNC(=O)NC(C)C(O)c2ccc(F)c(F)c2)cnn1C. The van der Waals surface area contributed by atoms with Gasteiger partial charge in [0.05, 0.1) is 18.3 Å². The maximum Gasteiger partial charge on any atom is 0.315 e. The number of nitrogens with one attached hydrogen (secondary N) is 2. The molecule has 0 spiro atoms. The number of hydrogen-bond donors (Lipinski definition) is 3. The van der Waals surface area contributed by atoms with E-state index in [2.05, 4.69) is 15.7 Å². The van der Waals surface area contributed by atoms with Crippen LogP contribution in [0.5, 0.6) is 0 Å². The van der Waals surface area contributed by atoms with E-state index in [4.69, 9.17) is 0 Å². The highest BCUT2D eigenvalue weighted by atomic mass is 19.2. The maximum absolute atomic E-state index is 13.2. The molecule has 2 rings (SSSR count). The first-order chi connectivity index (χ1) is 11.3. The number of nitrogens with zero attached hydrogens (tertiary/aromatic N) is 2. The summed E-state index contributed by atoms with van der Waals surface area (Å²) in [6.45, 7) is 3.75. The topological polar surface area (TPSA) is 79.2 Å². The Morgan fingerprint density at radius 1 is 1.38 bits per heavy atom. The third-order valence-electron chi connectivity index (χ3n) is 3.89. The number of carbonyl (C=O) groups excluding carboxylic acids is 1. The molecule has 6 nitrogen and oxygen atoms in total. The Bertz CT molecular complexity index is 733. The van der Waals surface area contributed by atoms with E-state index >= 15 is 0 Å². The van der Waals surface area contributed by atoms with Crippen LogP contribution in [-0.2, 0) is 13.6 Å². The number of aromatic nitrogens is 2. The zero-order valence-electron chi connectivity index (χ0n) is 13.7. The number of benzene rings is 1. The number of aliphatic hydroxyl groups is 1. The highest BCUT2D eigenvalue weighted by Crippen LogP contribution is 2.19. The normalized spacial score (nSPS) is 13.4. The lowest BCUT2D eigenvalue weighted by Crippen LogP contribution is -2.43. The van der Waals surface area contributed by atoms with Gasteiger partial charge in [0.25, 0.3) is 0 Å². The zero-order chi connectivity index (χ0) is 17.9. The van der Waals surface area contributed by atoms with Crippen LogP contribution >= 0.6 is 0 Å². The summed E-state index contributed by atoms with van der Waals surface area (Å²) >= 11 is 0. The molecule has 0 aliphatic rings. The fourth-order valence-electron chi connectivity index (χ4n) is 2.21. The molecule has 2 atom stereocenters. The standard InChI is InChI=1S/C16H20F2N4O2/c1-9(15(23)11-4-5-13(17)14(18)6-11)21-16(24)19-7-12-8-20-22(3)10(12)2/h4-6,8-9,15,23H,7H2,1-3H3,(H2,19,21,24). The Morgan fingerprint density at radius 2 is 2.08 bits per heavy atom. The van der Waals surface area contributed by atoms with Crippen LogP contribution in [0, 0.1) is 18.6 Å². The van der Waals surface area contributed by atoms with E-state index in [0.29, 0.717) is 6.54 Å². The lowest BCUT2D eigenvalue weighted by Gasteiger charge is -2.21. The maximum atomic E-state index is 13.2. The summed E-state index contributed by atoms with van der Waals surface area (Å²) in [6, 6.07) is 1.95. The zero-order valence-corrected chi connectivity index (χ0v) is 13.7. The van der Waals surface area contributed by atoms with E-state index < -0.39 is 29.8 Å². The number of urea groups is 1. The van der Waals surface area contributed by atoms with Crippen molar-refractivity contribution in [1.29, 1.82) is 0 Å². The van der Waals surface area contributed by atoms with Gasteiger partial charge in [-0.1, -0.05) is 6.07 Å². The van der Waals surface area contributed by atoms with Gasteiger partial charge in [-0.2, -0.15) is 5.10 Å². The van der Waals surface area contributed by atoms with Crippen molar-refractivity contribution in [1.82, 2.24) is 20.4 Å². The first-order valence-corrected chi connectivity index (χ1v) is 7.44. The Kier molecular flexibility index (Phi) is 5.50. The van der Waals surface area contributed by atoms with E-state index in [0.717, 1.165) is 23.4 Å². The van der Waals surface area contributed by atoms with Crippen molar-refractivity contribution in [2.45, 2.75) is 32.5 Å². The van der Waals surface area contributed by atoms with Crippen LogP contribution in [0.1, 0.15) is 29.8 Å². The summed E-state index contributed by atoms with van der Waals surface area (Å²) in [5, 5.41) is 19.4. The van der Waals surface area contributed by atoms with Crippen molar-refractivity contribution in [2.75, 3.05) is 0 Å². The molecule has 2 amide bonds. The van der Waals surface area contributed by atoms with Crippen molar-refractivity contribution in [3.63, 3.8) is 0 Å². The highest BCUT2D eigenvalue weighted by Gasteiger charge is 2.20. The molecule has 8 heteroatoms. The number of rotatable bonds is 5. The third kappa shape index (κ3) is 4.08. The average Bonchev–Trinajstić information content (AvgIpc) is 2.86. The summed E-state index contributed by atoms with van der Waals surface area (Å²) in [5.41, 5.74) is 2.00. The van der Waals surface area contributed by atoms with Gasteiger partial charge in [0.15, 0.2) is 11.6 Å². The van der Waals surface area contributed by atoms with Gasteiger partial charge in [-0.05, 0) is 31.5 Å². The molecule has 2 aromatic rings. The molecule has 0 fully saturated rings. The summed E-state index contributed by atoms with van der Waals surface area (Å²) in [6.07, 6.45) is 0.501. The second-order valence-corrected chi connectivity index (χ2v) is 5.61. The van der Waals surface area contributed by atoms with E-state index in [1.165, 1.54) is 6.07 Å². The molecular formula is C16H20F2N4O2. The second-order valence-electron chi connectivity index (χ2n) is 5.61. The average molecular weight is 338 g/mol. The van der Waals surface area contributed by atoms with Gasteiger partial charge in [0.2, 0.25) is 0 Å². The van der Waals surface area contributed by atoms with Crippen LogP contribution in [0.2, 0.25) is 0 Å². The molecule has 1 heterocycles. The Balaban J connectivity index is 1.90. The lowest BCUT2D eigenvalue weighted by atomic mass is 10.0. The van der Waals surface area contributed by atoms with Gasteiger partial charge in [-0.25, -0.2) is 13.6 Å². The molecule has 0 aliphatic heterocycles. The van der Waals surface area contributed by atoms with Gasteiger partial charge in [-0.3, -0.25) is 4.68 Å². The van der Waals surface area contributed by atoms with Crippen molar-refractivity contribution >= 4 is 6.03 Å². The van der Waals surface area contributed by atoms with Crippen molar-refractivity contribution in [3.8, 4) is 0 Å². The Hall–Kier alpha value is -2.48.